The van der Waals surface area contributed by atoms with Crippen LogP contribution in [0.1, 0.15) is 11.1 Å². The van der Waals surface area contributed by atoms with Gasteiger partial charge in [0.1, 0.15) is 11.6 Å². The molecule has 3 rings (SSSR count). The monoisotopic (exact) mass is 432 g/mol. The number of halogens is 1. The highest BCUT2D eigenvalue weighted by atomic mass is 19.1. The summed E-state index contributed by atoms with van der Waals surface area (Å²) in [6.07, 6.45) is 0.297. The number of benzene rings is 2. The number of carbonyl (C=O) groups is 3. The second-order valence-electron chi connectivity index (χ2n) is 7.17. The summed E-state index contributed by atoms with van der Waals surface area (Å²) in [7, 11) is 1.31. The van der Waals surface area contributed by atoms with Crippen molar-refractivity contribution in [3.8, 4) is 5.75 Å². The Hall–Kier alpha value is -3.46. The summed E-state index contributed by atoms with van der Waals surface area (Å²) >= 11 is 0. The van der Waals surface area contributed by atoms with Crippen molar-refractivity contribution in [2.24, 2.45) is 11.1 Å². The standard InChI is InChI=1S/C21H23FN2O4.CH2O2/c1-27-19(25)12-28-17-8-6-15(7-9-17)11-24-13-21(14-24,20(23)26)10-16-4-2-3-5-18(16)22;2-1-3/h2-9H,10-14H2,1H3,(H2,23,26);1H,(H,2,3). The van der Waals surface area contributed by atoms with Crippen molar-refractivity contribution >= 4 is 18.3 Å². The largest absolute Gasteiger partial charge is 0.483 e. The number of ether oxygens (including phenoxy) is 2. The van der Waals surface area contributed by atoms with Gasteiger partial charge in [0.15, 0.2) is 6.61 Å². The maximum Gasteiger partial charge on any atom is 0.343 e. The van der Waals surface area contributed by atoms with Crippen LogP contribution in [0.25, 0.3) is 0 Å². The van der Waals surface area contributed by atoms with Crippen LogP contribution in [0, 0.1) is 11.2 Å². The van der Waals surface area contributed by atoms with E-state index in [1.54, 1.807) is 30.3 Å². The zero-order valence-corrected chi connectivity index (χ0v) is 17.1. The zero-order chi connectivity index (χ0) is 22.9. The van der Waals surface area contributed by atoms with E-state index in [2.05, 4.69) is 9.64 Å². The molecule has 2 aromatic rings. The fraction of sp³-hybridized carbons (Fsp3) is 0.318. The molecule has 0 saturated carbocycles. The van der Waals surface area contributed by atoms with Crippen LogP contribution in [0.3, 0.4) is 0 Å². The minimum atomic E-state index is -0.744. The van der Waals surface area contributed by atoms with E-state index in [1.165, 1.54) is 13.2 Å². The Morgan fingerprint density at radius 2 is 1.81 bits per heavy atom. The molecule has 0 bridgehead atoms. The van der Waals surface area contributed by atoms with Gasteiger partial charge in [-0.25, -0.2) is 9.18 Å². The Morgan fingerprint density at radius 3 is 2.35 bits per heavy atom. The van der Waals surface area contributed by atoms with Crippen molar-refractivity contribution in [3.05, 3.63) is 65.5 Å². The van der Waals surface area contributed by atoms with Crippen molar-refractivity contribution in [1.29, 1.82) is 0 Å². The van der Waals surface area contributed by atoms with Gasteiger partial charge >= 0.3 is 5.97 Å². The summed E-state index contributed by atoms with van der Waals surface area (Å²) in [5.74, 6) is -0.589. The van der Waals surface area contributed by atoms with Crippen LogP contribution in [0.4, 0.5) is 4.39 Å². The molecular weight excluding hydrogens is 407 g/mol. The van der Waals surface area contributed by atoms with E-state index in [0.29, 0.717) is 37.4 Å². The van der Waals surface area contributed by atoms with E-state index in [9.17, 15) is 14.0 Å². The molecule has 31 heavy (non-hydrogen) atoms. The molecule has 9 heteroatoms. The topological polar surface area (TPSA) is 119 Å². The van der Waals surface area contributed by atoms with Gasteiger partial charge in [-0.05, 0) is 35.7 Å². The van der Waals surface area contributed by atoms with Gasteiger partial charge in [-0.2, -0.15) is 0 Å². The van der Waals surface area contributed by atoms with E-state index in [0.717, 1.165) is 5.56 Å². The first-order valence-electron chi connectivity index (χ1n) is 9.45. The van der Waals surface area contributed by atoms with Gasteiger partial charge in [-0.15, -0.1) is 0 Å². The summed E-state index contributed by atoms with van der Waals surface area (Å²) < 4.78 is 23.8. The molecule has 0 aromatic heterocycles. The first kappa shape index (κ1) is 23.8. The Kier molecular flexibility index (Phi) is 8.51. The Balaban J connectivity index is 0.00000107. The summed E-state index contributed by atoms with van der Waals surface area (Å²) in [4.78, 5) is 33.6. The third-order valence-electron chi connectivity index (χ3n) is 4.98. The lowest BCUT2D eigenvalue weighted by molar-refractivity contribution is -0.143. The third kappa shape index (κ3) is 6.51. The van der Waals surface area contributed by atoms with E-state index < -0.39 is 17.3 Å². The van der Waals surface area contributed by atoms with E-state index in [4.69, 9.17) is 20.4 Å². The number of primary amides is 1. The Morgan fingerprint density at radius 1 is 1.19 bits per heavy atom. The SMILES string of the molecule is COC(=O)COc1ccc(CN2CC(Cc3ccccc3F)(C(N)=O)C2)cc1.O=CO. The van der Waals surface area contributed by atoms with Crippen LogP contribution in [-0.4, -0.2) is 55.2 Å². The molecule has 0 radical (unpaired) electrons. The lowest BCUT2D eigenvalue weighted by atomic mass is 9.74. The second kappa shape index (κ2) is 11.1. The number of likely N-dealkylation sites (tertiary alicyclic amines) is 1. The minimum absolute atomic E-state index is 0.140. The predicted molar refractivity (Wildman–Crippen MR) is 110 cm³/mol. The molecule has 2 aromatic carbocycles. The van der Waals surface area contributed by atoms with Gasteiger partial charge in [0, 0.05) is 19.6 Å². The number of methoxy groups -OCH3 is 1. The zero-order valence-electron chi connectivity index (χ0n) is 17.1. The van der Waals surface area contributed by atoms with Gasteiger partial charge in [-0.1, -0.05) is 30.3 Å². The van der Waals surface area contributed by atoms with Gasteiger partial charge in [-0.3, -0.25) is 14.5 Å². The number of nitrogens with two attached hydrogens (primary N) is 1. The van der Waals surface area contributed by atoms with Crippen molar-refractivity contribution in [2.75, 3.05) is 26.8 Å². The number of hydrogen-bond acceptors (Lipinski definition) is 6. The highest BCUT2D eigenvalue weighted by Crippen LogP contribution is 2.35. The molecule has 3 N–H and O–H groups in total. The molecule has 0 aliphatic carbocycles. The normalized spacial score (nSPS) is 14.4. The van der Waals surface area contributed by atoms with Crippen molar-refractivity contribution in [2.45, 2.75) is 13.0 Å². The summed E-state index contributed by atoms with van der Waals surface area (Å²) in [6.45, 7) is 1.22. The van der Waals surface area contributed by atoms with Crippen molar-refractivity contribution in [3.63, 3.8) is 0 Å². The molecule has 1 aliphatic heterocycles. The number of hydrogen-bond donors (Lipinski definition) is 2. The molecule has 1 heterocycles. The number of carboxylic acid groups (broad SMARTS) is 1. The van der Waals surface area contributed by atoms with Crippen LogP contribution < -0.4 is 10.5 Å². The number of nitrogens with zero attached hydrogens (tertiary/aromatic N) is 1. The maximum atomic E-state index is 14.0. The molecule has 0 unspecified atom stereocenters. The minimum Gasteiger partial charge on any atom is -0.483 e. The molecule has 1 aliphatic rings. The van der Waals surface area contributed by atoms with Gasteiger partial charge < -0.3 is 20.3 Å². The quantitative estimate of drug-likeness (QED) is 0.480. The average Bonchev–Trinajstić information content (AvgIpc) is 2.73. The molecule has 8 nitrogen and oxygen atoms in total. The molecule has 166 valence electrons. The number of carbonyl (C=O) groups excluding carboxylic acids is 2. The predicted octanol–water partition coefficient (Wildman–Crippen LogP) is 1.61. The lowest BCUT2D eigenvalue weighted by Crippen LogP contribution is -2.63. The van der Waals surface area contributed by atoms with E-state index in [1.807, 2.05) is 12.1 Å². The Bertz CT molecular complexity index is 897. The van der Waals surface area contributed by atoms with Crippen LogP contribution in [-0.2, 0) is 32.1 Å². The van der Waals surface area contributed by atoms with Crippen molar-refractivity contribution in [1.82, 2.24) is 4.90 Å². The molecule has 1 saturated heterocycles. The maximum absolute atomic E-state index is 14.0. The van der Waals surface area contributed by atoms with Gasteiger partial charge in [0.05, 0.1) is 12.5 Å². The first-order chi connectivity index (χ1) is 14.8. The highest BCUT2D eigenvalue weighted by molar-refractivity contribution is 5.83. The molecule has 1 fully saturated rings. The van der Waals surface area contributed by atoms with Gasteiger partial charge in [0.2, 0.25) is 5.91 Å². The van der Waals surface area contributed by atoms with Crippen LogP contribution in [0.15, 0.2) is 48.5 Å². The lowest BCUT2D eigenvalue weighted by Gasteiger charge is -2.48. The van der Waals surface area contributed by atoms with Crippen molar-refractivity contribution < 1.29 is 33.4 Å². The van der Waals surface area contributed by atoms with Crippen LogP contribution in [0.2, 0.25) is 0 Å². The fourth-order valence-corrected chi connectivity index (χ4v) is 3.43. The first-order valence-corrected chi connectivity index (χ1v) is 9.45. The third-order valence-corrected chi connectivity index (χ3v) is 4.98. The van der Waals surface area contributed by atoms with E-state index in [-0.39, 0.29) is 18.9 Å². The molecule has 0 spiro atoms. The number of rotatable bonds is 8. The summed E-state index contributed by atoms with van der Waals surface area (Å²) in [5, 5.41) is 6.89. The molecular formula is C22H25FN2O6. The smallest absolute Gasteiger partial charge is 0.343 e. The number of esters is 1. The number of amides is 1. The average molecular weight is 432 g/mol. The summed E-state index contributed by atoms with van der Waals surface area (Å²) in [6, 6.07) is 13.8. The van der Waals surface area contributed by atoms with Crippen LogP contribution in [0.5, 0.6) is 5.75 Å². The van der Waals surface area contributed by atoms with E-state index >= 15 is 0 Å². The second-order valence-corrected chi connectivity index (χ2v) is 7.17. The highest BCUT2D eigenvalue weighted by Gasteiger charge is 2.48. The fourth-order valence-electron chi connectivity index (χ4n) is 3.43. The Labute approximate surface area is 179 Å². The summed E-state index contributed by atoms with van der Waals surface area (Å²) in [5.41, 5.74) is 6.43. The molecule has 1 amide bonds. The van der Waals surface area contributed by atoms with Gasteiger partial charge in [0.25, 0.3) is 6.47 Å². The van der Waals surface area contributed by atoms with Crippen LogP contribution >= 0.6 is 0 Å². The molecule has 0 atom stereocenters.